The molecule has 1 heterocycles. The summed E-state index contributed by atoms with van der Waals surface area (Å²) in [4.78, 5) is 15.0. The van der Waals surface area contributed by atoms with Crippen LogP contribution in [-0.2, 0) is 11.2 Å². The van der Waals surface area contributed by atoms with E-state index in [9.17, 15) is 4.79 Å². The third-order valence-corrected chi connectivity index (χ3v) is 2.63. The van der Waals surface area contributed by atoms with E-state index in [4.69, 9.17) is 4.74 Å². The standard InChI is InChI=1S/C13H21NO2/c1-6-16-13(15)12-9(4)11(7-8(2)3)14-10(12)5/h8,14H,6-7H2,1-5H3. The topological polar surface area (TPSA) is 42.1 Å². The minimum atomic E-state index is -0.219. The van der Waals surface area contributed by atoms with Gasteiger partial charge in [0.1, 0.15) is 0 Å². The summed E-state index contributed by atoms with van der Waals surface area (Å²) < 4.78 is 5.05. The molecule has 0 fully saturated rings. The van der Waals surface area contributed by atoms with Gasteiger partial charge in [-0.25, -0.2) is 4.79 Å². The van der Waals surface area contributed by atoms with Crippen LogP contribution in [0, 0.1) is 19.8 Å². The fourth-order valence-corrected chi connectivity index (χ4v) is 1.94. The van der Waals surface area contributed by atoms with E-state index in [1.54, 1.807) is 0 Å². The molecule has 0 aliphatic rings. The SMILES string of the molecule is CCOC(=O)c1c(C)[nH]c(CC(C)C)c1C. The Balaban J connectivity index is 3.02. The van der Waals surface area contributed by atoms with Gasteiger partial charge in [0, 0.05) is 11.4 Å². The normalized spacial score (nSPS) is 10.9. The van der Waals surface area contributed by atoms with E-state index >= 15 is 0 Å². The van der Waals surface area contributed by atoms with Gasteiger partial charge in [0.15, 0.2) is 0 Å². The molecule has 0 aliphatic carbocycles. The Labute approximate surface area is 97.2 Å². The summed E-state index contributed by atoms with van der Waals surface area (Å²) in [6.07, 6.45) is 0.964. The van der Waals surface area contributed by atoms with Crippen LogP contribution < -0.4 is 0 Å². The average molecular weight is 223 g/mol. The molecule has 0 aliphatic heterocycles. The van der Waals surface area contributed by atoms with E-state index in [0.717, 1.165) is 23.4 Å². The number of hydrogen-bond donors (Lipinski definition) is 1. The zero-order chi connectivity index (χ0) is 12.3. The van der Waals surface area contributed by atoms with Crippen molar-refractivity contribution in [1.82, 2.24) is 4.98 Å². The highest BCUT2D eigenvalue weighted by Gasteiger charge is 2.19. The van der Waals surface area contributed by atoms with Gasteiger partial charge < -0.3 is 9.72 Å². The number of carbonyl (C=O) groups excluding carboxylic acids is 1. The van der Waals surface area contributed by atoms with Crippen LogP contribution in [0.5, 0.6) is 0 Å². The summed E-state index contributed by atoms with van der Waals surface area (Å²) in [5, 5.41) is 0. The molecule has 0 saturated carbocycles. The Morgan fingerprint density at radius 2 is 2.00 bits per heavy atom. The van der Waals surface area contributed by atoms with Crippen molar-refractivity contribution >= 4 is 5.97 Å². The first-order valence-corrected chi connectivity index (χ1v) is 5.82. The number of carbonyl (C=O) groups is 1. The quantitative estimate of drug-likeness (QED) is 0.797. The molecule has 1 aromatic rings. The Hall–Kier alpha value is -1.25. The minimum absolute atomic E-state index is 0.219. The Morgan fingerprint density at radius 3 is 2.50 bits per heavy atom. The molecule has 0 atom stereocenters. The highest BCUT2D eigenvalue weighted by molar-refractivity contribution is 5.92. The number of aromatic nitrogens is 1. The lowest BCUT2D eigenvalue weighted by molar-refractivity contribution is 0.0525. The van der Waals surface area contributed by atoms with Gasteiger partial charge in [-0.15, -0.1) is 0 Å². The van der Waals surface area contributed by atoms with Crippen molar-refractivity contribution in [3.8, 4) is 0 Å². The maximum atomic E-state index is 11.7. The Bertz CT molecular complexity index is 378. The van der Waals surface area contributed by atoms with Crippen molar-refractivity contribution in [2.24, 2.45) is 5.92 Å². The molecule has 0 radical (unpaired) electrons. The molecule has 1 aromatic heterocycles. The Morgan fingerprint density at radius 1 is 1.38 bits per heavy atom. The lowest BCUT2D eigenvalue weighted by Crippen LogP contribution is -2.07. The van der Waals surface area contributed by atoms with Gasteiger partial charge in [-0.1, -0.05) is 13.8 Å². The van der Waals surface area contributed by atoms with Crippen LogP contribution in [0.2, 0.25) is 0 Å². The van der Waals surface area contributed by atoms with E-state index in [-0.39, 0.29) is 5.97 Å². The average Bonchev–Trinajstić information content (AvgIpc) is 2.41. The van der Waals surface area contributed by atoms with Crippen LogP contribution in [0.15, 0.2) is 0 Å². The van der Waals surface area contributed by atoms with Crippen LogP contribution in [0.1, 0.15) is 48.1 Å². The first-order valence-electron chi connectivity index (χ1n) is 5.82. The molecule has 0 bridgehead atoms. The predicted octanol–water partition coefficient (Wildman–Crippen LogP) is 3.01. The minimum Gasteiger partial charge on any atom is -0.462 e. The van der Waals surface area contributed by atoms with Gasteiger partial charge >= 0.3 is 5.97 Å². The first-order chi connectivity index (χ1) is 7.47. The lowest BCUT2D eigenvalue weighted by atomic mass is 10.0. The molecule has 0 spiro atoms. The van der Waals surface area contributed by atoms with Gasteiger partial charge in [0.05, 0.1) is 12.2 Å². The summed E-state index contributed by atoms with van der Waals surface area (Å²) >= 11 is 0. The number of hydrogen-bond acceptors (Lipinski definition) is 2. The van der Waals surface area contributed by atoms with E-state index in [1.165, 1.54) is 0 Å². The zero-order valence-corrected chi connectivity index (χ0v) is 10.8. The van der Waals surface area contributed by atoms with Gasteiger partial charge in [-0.2, -0.15) is 0 Å². The zero-order valence-electron chi connectivity index (χ0n) is 10.8. The van der Waals surface area contributed by atoms with E-state index in [0.29, 0.717) is 18.1 Å². The summed E-state index contributed by atoms with van der Waals surface area (Å²) in [5.74, 6) is 0.357. The summed E-state index contributed by atoms with van der Waals surface area (Å²) in [5.41, 5.74) is 3.80. The van der Waals surface area contributed by atoms with Crippen LogP contribution in [0.3, 0.4) is 0 Å². The van der Waals surface area contributed by atoms with Crippen molar-refractivity contribution in [3.63, 3.8) is 0 Å². The molecule has 1 N–H and O–H groups in total. The molecule has 0 saturated heterocycles. The number of ether oxygens (including phenoxy) is 1. The van der Waals surface area contributed by atoms with E-state index < -0.39 is 0 Å². The third kappa shape index (κ3) is 2.65. The van der Waals surface area contributed by atoms with Crippen molar-refractivity contribution in [3.05, 3.63) is 22.5 Å². The van der Waals surface area contributed by atoms with Crippen molar-refractivity contribution < 1.29 is 9.53 Å². The molecule has 3 nitrogen and oxygen atoms in total. The largest absolute Gasteiger partial charge is 0.462 e. The van der Waals surface area contributed by atoms with Crippen LogP contribution in [-0.4, -0.2) is 17.6 Å². The van der Waals surface area contributed by atoms with Crippen molar-refractivity contribution in [2.75, 3.05) is 6.61 Å². The molecular weight excluding hydrogens is 202 g/mol. The Kier molecular flexibility index (Phi) is 4.16. The molecule has 1 rings (SSSR count). The summed E-state index contributed by atoms with van der Waals surface area (Å²) in [7, 11) is 0. The number of nitrogens with one attached hydrogen (secondary N) is 1. The first kappa shape index (κ1) is 12.8. The fraction of sp³-hybridized carbons (Fsp3) is 0.615. The van der Waals surface area contributed by atoms with Gasteiger partial charge in [0.2, 0.25) is 0 Å². The third-order valence-electron chi connectivity index (χ3n) is 2.63. The highest BCUT2D eigenvalue weighted by atomic mass is 16.5. The van der Waals surface area contributed by atoms with Crippen LogP contribution in [0.4, 0.5) is 0 Å². The highest BCUT2D eigenvalue weighted by Crippen LogP contribution is 2.21. The van der Waals surface area contributed by atoms with E-state index in [2.05, 4.69) is 18.8 Å². The maximum Gasteiger partial charge on any atom is 0.340 e. The molecule has 90 valence electrons. The number of aryl methyl sites for hydroxylation is 1. The molecule has 3 heteroatoms. The van der Waals surface area contributed by atoms with Crippen molar-refractivity contribution in [1.29, 1.82) is 0 Å². The second-order valence-electron chi connectivity index (χ2n) is 4.55. The van der Waals surface area contributed by atoms with E-state index in [1.807, 2.05) is 20.8 Å². The monoisotopic (exact) mass is 223 g/mol. The van der Waals surface area contributed by atoms with Crippen molar-refractivity contribution in [2.45, 2.75) is 41.0 Å². The lowest BCUT2D eigenvalue weighted by Gasteiger charge is -2.04. The summed E-state index contributed by atoms with van der Waals surface area (Å²) in [6, 6.07) is 0. The molecule has 0 unspecified atom stereocenters. The van der Waals surface area contributed by atoms with Gasteiger partial charge in [0.25, 0.3) is 0 Å². The molecule has 16 heavy (non-hydrogen) atoms. The van der Waals surface area contributed by atoms with Gasteiger partial charge in [-0.05, 0) is 38.7 Å². The number of H-pyrrole nitrogens is 1. The fourth-order valence-electron chi connectivity index (χ4n) is 1.94. The van der Waals surface area contributed by atoms with Crippen LogP contribution >= 0.6 is 0 Å². The number of esters is 1. The number of rotatable bonds is 4. The molecular formula is C13H21NO2. The second-order valence-corrected chi connectivity index (χ2v) is 4.55. The number of aromatic amines is 1. The second kappa shape index (κ2) is 5.19. The summed E-state index contributed by atoms with van der Waals surface area (Å²) in [6.45, 7) is 10.5. The molecule has 0 aromatic carbocycles. The molecule has 0 amide bonds. The maximum absolute atomic E-state index is 11.7. The smallest absolute Gasteiger partial charge is 0.340 e. The van der Waals surface area contributed by atoms with Crippen LogP contribution in [0.25, 0.3) is 0 Å². The van der Waals surface area contributed by atoms with Gasteiger partial charge in [-0.3, -0.25) is 0 Å². The predicted molar refractivity (Wildman–Crippen MR) is 64.8 cm³/mol.